The van der Waals surface area contributed by atoms with Crippen molar-refractivity contribution in [2.75, 3.05) is 0 Å². The predicted molar refractivity (Wildman–Crippen MR) is 79.0 cm³/mol. The van der Waals surface area contributed by atoms with Gasteiger partial charge in [-0.1, -0.05) is 30.7 Å². The van der Waals surface area contributed by atoms with E-state index in [0.29, 0.717) is 16.4 Å². The summed E-state index contributed by atoms with van der Waals surface area (Å²) in [5.41, 5.74) is 0.630. The van der Waals surface area contributed by atoms with Gasteiger partial charge in [0.15, 0.2) is 5.58 Å². The molecule has 2 aromatic heterocycles. The van der Waals surface area contributed by atoms with Crippen LogP contribution >= 0.6 is 22.9 Å². The summed E-state index contributed by atoms with van der Waals surface area (Å²) in [4.78, 5) is 2.15. The summed E-state index contributed by atoms with van der Waals surface area (Å²) in [6.07, 6.45) is 0.248. The van der Waals surface area contributed by atoms with E-state index < -0.39 is 6.10 Å². The molecule has 4 heteroatoms. The fraction of sp³-hybridized carbons (Fsp3) is 0.200. The molecule has 0 fully saturated rings. The van der Waals surface area contributed by atoms with E-state index in [0.717, 1.165) is 16.7 Å². The van der Waals surface area contributed by atoms with E-state index in [2.05, 4.69) is 6.92 Å². The minimum atomic E-state index is -0.728. The number of thiophene rings is 1. The van der Waals surface area contributed by atoms with Crippen molar-refractivity contribution in [2.24, 2.45) is 0 Å². The summed E-state index contributed by atoms with van der Waals surface area (Å²) in [5.74, 6) is 0.535. The molecule has 2 heterocycles. The standard InChI is InChI=1S/C15H13ClO2S/c1-2-10-6-7-13(19-10)14(17)12-8-9-4-3-5-11(16)15(9)18-12/h3-8,14,17H,2H2,1H3. The second-order valence-corrected chi connectivity index (χ2v) is 5.97. The third-order valence-electron chi connectivity index (χ3n) is 3.09. The molecule has 98 valence electrons. The molecule has 1 unspecified atom stereocenters. The number of hydrogen-bond donors (Lipinski definition) is 1. The van der Waals surface area contributed by atoms with Gasteiger partial charge >= 0.3 is 0 Å². The Morgan fingerprint density at radius 3 is 2.84 bits per heavy atom. The summed E-state index contributed by atoms with van der Waals surface area (Å²) in [5, 5.41) is 11.8. The number of hydrogen-bond acceptors (Lipinski definition) is 3. The third-order valence-corrected chi connectivity index (χ3v) is 4.66. The van der Waals surface area contributed by atoms with E-state index in [9.17, 15) is 5.11 Å². The van der Waals surface area contributed by atoms with Crippen molar-refractivity contribution in [1.29, 1.82) is 0 Å². The van der Waals surface area contributed by atoms with Crippen LogP contribution in [0.5, 0.6) is 0 Å². The fourth-order valence-electron chi connectivity index (χ4n) is 2.05. The van der Waals surface area contributed by atoms with Crippen LogP contribution in [0.15, 0.2) is 40.8 Å². The zero-order valence-electron chi connectivity index (χ0n) is 10.4. The Labute approximate surface area is 120 Å². The molecule has 0 saturated heterocycles. The summed E-state index contributed by atoms with van der Waals surface area (Å²) in [6.45, 7) is 2.10. The Morgan fingerprint density at radius 1 is 1.32 bits per heavy atom. The number of aliphatic hydroxyl groups excluding tert-OH is 1. The normalized spacial score (nSPS) is 13.0. The topological polar surface area (TPSA) is 33.4 Å². The predicted octanol–water partition coefficient (Wildman–Crippen LogP) is 4.79. The first-order valence-electron chi connectivity index (χ1n) is 6.13. The molecule has 2 nitrogen and oxygen atoms in total. The molecular formula is C15H13ClO2S. The molecule has 0 radical (unpaired) electrons. The van der Waals surface area contributed by atoms with Crippen LogP contribution in [0.2, 0.25) is 5.02 Å². The van der Waals surface area contributed by atoms with Gasteiger partial charge in [0, 0.05) is 15.1 Å². The van der Waals surface area contributed by atoms with Crippen LogP contribution in [0.25, 0.3) is 11.0 Å². The first-order chi connectivity index (χ1) is 9.19. The van der Waals surface area contributed by atoms with Crippen LogP contribution in [0.3, 0.4) is 0 Å². The van der Waals surface area contributed by atoms with Gasteiger partial charge in [-0.3, -0.25) is 0 Å². The number of para-hydroxylation sites is 1. The zero-order chi connectivity index (χ0) is 13.4. The van der Waals surface area contributed by atoms with Crippen LogP contribution in [0, 0.1) is 0 Å². The van der Waals surface area contributed by atoms with Gasteiger partial charge in [0.05, 0.1) is 5.02 Å². The van der Waals surface area contributed by atoms with Gasteiger partial charge < -0.3 is 9.52 Å². The van der Waals surface area contributed by atoms with Crippen LogP contribution in [0.4, 0.5) is 0 Å². The number of aryl methyl sites for hydroxylation is 1. The molecule has 0 aliphatic carbocycles. The molecule has 0 spiro atoms. The molecular weight excluding hydrogens is 280 g/mol. The lowest BCUT2D eigenvalue weighted by Crippen LogP contribution is -1.93. The second kappa shape index (κ2) is 5.00. The highest BCUT2D eigenvalue weighted by molar-refractivity contribution is 7.12. The van der Waals surface area contributed by atoms with E-state index in [1.54, 1.807) is 17.4 Å². The molecule has 0 bridgehead atoms. The van der Waals surface area contributed by atoms with Crippen molar-refractivity contribution < 1.29 is 9.52 Å². The highest BCUT2D eigenvalue weighted by Gasteiger charge is 2.18. The van der Waals surface area contributed by atoms with Crippen LogP contribution in [-0.2, 0) is 6.42 Å². The molecule has 3 aromatic rings. The summed E-state index contributed by atoms with van der Waals surface area (Å²) < 4.78 is 5.68. The highest BCUT2D eigenvalue weighted by Crippen LogP contribution is 2.34. The van der Waals surface area contributed by atoms with Gasteiger partial charge in [-0.2, -0.15) is 0 Å². The van der Waals surface area contributed by atoms with E-state index in [1.807, 2.05) is 30.3 Å². The monoisotopic (exact) mass is 292 g/mol. The maximum atomic E-state index is 10.4. The van der Waals surface area contributed by atoms with Crippen LogP contribution in [-0.4, -0.2) is 5.11 Å². The number of furan rings is 1. The maximum Gasteiger partial charge on any atom is 0.153 e. The van der Waals surface area contributed by atoms with Crippen molar-refractivity contribution in [2.45, 2.75) is 19.4 Å². The largest absolute Gasteiger partial charge is 0.456 e. The molecule has 1 aromatic carbocycles. The minimum Gasteiger partial charge on any atom is -0.456 e. The van der Waals surface area contributed by atoms with Crippen molar-refractivity contribution in [3.8, 4) is 0 Å². The Hall–Kier alpha value is -1.29. The molecule has 1 N–H and O–H groups in total. The Bertz CT molecular complexity index is 714. The lowest BCUT2D eigenvalue weighted by molar-refractivity contribution is 0.196. The van der Waals surface area contributed by atoms with E-state index >= 15 is 0 Å². The summed E-state index contributed by atoms with van der Waals surface area (Å²) in [6, 6.07) is 11.4. The van der Waals surface area contributed by atoms with Crippen LogP contribution < -0.4 is 0 Å². The van der Waals surface area contributed by atoms with E-state index in [-0.39, 0.29) is 0 Å². The Kier molecular flexibility index (Phi) is 3.35. The van der Waals surface area contributed by atoms with Crippen molar-refractivity contribution in [3.05, 3.63) is 56.9 Å². The maximum absolute atomic E-state index is 10.4. The number of rotatable bonds is 3. The highest BCUT2D eigenvalue weighted by atomic mass is 35.5. The number of aliphatic hydroxyl groups is 1. The van der Waals surface area contributed by atoms with Crippen LogP contribution in [0.1, 0.15) is 28.5 Å². The van der Waals surface area contributed by atoms with Gasteiger partial charge in [0.2, 0.25) is 0 Å². The lowest BCUT2D eigenvalue weighted by Gasteiger charge is -2.03. The molecule has 1 atom stereocenters. The van der Waals surface area contributed by atoms with Crippen molar-refractivity contribution in [3.63, 3.8) is 0 Å². The summed E-state index contributed by atoms with van der Waals surface area (Å²) in [7, 11) is 0. The van der Waals surface area contributed by atoms with Gasteiger partial charge in [0.1, 0.15) is 11.9 Å². The zero-order valence-corrected chi connectivity index (χ0v) is 12.0. The van der Waals surface area contributed by atoms with Gasteiger partial charge in [-0.15, -0.1) is 11.3 Å². The van der Waals surface area contributed by atoms with Crippen molar-refractivity contribution >= 4 is 33.9 Å². The van der Waals surface area contributed by atoms with Gasteiger partial charge in [0.25, 0.3) is 0 Å². The third kappa shape index (κ3) is 2.29. The molecule has 3 rings (SSSR count). The van der Waals surface area contributed by atoms with Gasteiger partial charge in [-0.05, 0) is 30.7 Å². The molecule has 0 aliphatic heterocycles. The first kappa shape index (κ1) is 12.7. The van der Waals surface area contributed by atoms with Crippen molar-refractivity contribution in [1.82, 2.24) is 0 Å². The molecule has 0 amide bonds. The molecule has 0 aliphatic rings. The van der Waals surface area contributed by atoms with Gasteiger partial charge in [-0.25, -0.2) is 0 Å². The molecule has 0 saturated carbocycles. The lowest BCUT2D eigenvalue weighted by atomic mass is 10.2. The second-order valence-electron chi connectivity index (χ2n) is 4.37. The van der Waals surface area contributed by atoms with E-state index in [4.69, 9.17) is 16.0 Å². The first-order valence-corrected chi connectivity index (χ1v) is 7.33. The summed E-state index contributed by atoms with van der Waals surface area (Å²) >= 11 is 7.68. The number of benzene rings is 1. The number of halogens is 1. The number of fused-ring (bicyclic) bond motifs is 1. The Balaban J connectivity index is 2.01. The SMILES string of the molecule is CCc1ccc(C(O)c2cc3cccc(Cl)c3o2)s1. The molecule has 19 heavy (non-hydrogen) atoms. The Morgan fingerprint density at radius 2 is 2.16 bits per heavy atom. The van der Waals surface area contributed by atoms with E-state index in [1.165, 1.54) is 4.88 Å². The fourth-order valence-corrected chi connectivity index (χ4v) is 3.22. The average molecular weight is 293 g/mol. The smallest absolute Gasteiger partial charge is 0.153 e. The minimum absolute atomic E-state index is 0.535. The average Bonchev–Trinajstić information content (AvgIpc) is 3.05. The quantitative estimate of drug-likeness (QED) is 0.753.